The Morgan fingerprint density at radius 2 is 1.28 bits per heavy atom. The van der Waals surface area contributed by atoms with Crippen molar-refractivity contribution in [3.8, 4) is 0 Å². The van der Waals surface area contributed by atoms with E-state index in [1.807, 2.05) is 48.7 Å². The van der Waals surface area contributed by atoms with Crippen LogP contribution in [0.2, 0.25) is 0 Å². The summed E-state index contributed by atoms with van der Waals surface area (Å²) in [5.41, 5.74) is 11.5. The number of anilines is 3. The van der Waals surface area contributed by atoms with Crippen molar-refractivity contribution in [1.82, 2.24) is 4.98 Å². The Balaban J connectivity index is 1.76. The Morgan fingerprint density at radius 3 is 1.84 bits per heavy atom. The van der Waals surface area contributed by atoms with E-state index in [2.05, 4.69) is 53.1 Å². The van der Waals surface area contributed by atoms with Crippen molar-refractivity contribution in [2.75, 3.05) is 29.6 Å². The van der Waals surface area contributed by atoms with Crippen LogP contribution in [-0.2, 0) is 13.1 Å². The fraction of sp³-hybridized carbons (Fsp3) is 0.190. The first-order valence-corrected chi connectivity index (χ1v) is 8.40. The number of nitrogens with two attached hydrogens (primary N) is 1. The van der Waals surface area contributed by atoms with Crippen LogP contribution in [-0.4, -0.2) is 19.1 Å². The van der Waals surface area contributed by atoms with Crippen LogP contribution in [0.25, 0.3) is 0 Å². The van der Waals surface area contributed by atoms with E-state index in [0.717, 1.165) is 29.2 Å². The van der Waals surface area contributed by atoms with Gasteiger partial charge in [0.25, 0.3) is 0 Å². The topological polar surface area (TPSA) is 45.4 Å². The monoisotopic (exact) mass is 332 g/mol. The summed E-state index contributed by atoms with van der Waals surface area (Å²) in [5.74, 6) is 0. The van der Waals surface area contributed by atoms with Gasteiger partial charge in [0.15, 0.2) is 0 Å². The zero-order chi connectivity index (χ0) is 17.6. The molecule has 0 aliphatic heterocycles. The molecular weight excluding hydrogens is 308 g/mol. The number of hydrogen-bond donors (Lipinski definition) is 1. The molecule has 0 unspecified atom stereocenters. The molecular formula is C21H24N4. The van der Waals surface area contributed by atoms with Gasteiger partial charge in [-0.2, -0.15) is 0 Å². The molecule has 0 spiro atoms. The maximum atomic E-state index is 6.42. The van der Waals surface area contributed by atoms with Gasteiger partial charge in [-0.15, -0.1) is 0 Å². The minimum absolute atomic E-state index is 0.679. The van der Waals surface area contributed by atoms with Crippen LogP contribution in [0.1, 0.15) is 11.3 Å². The number of nitrogens with zero attached hydrogens (tertiary/aromatic N) is 3. The second-order valence-corrected chi connectivity index (χ2v) is 6.21. The maximum absolute atomic E-state index is 6.42. The third-order valence-electron chi connectivity index (χ3n) is 4.35. The number of aromatic nitrogens is 1. The van der Waals surface area contributed by atoms with Gasteiger partial charge in [0.05, 0.1) is 17.9 Å². The largest absolute Gasteiger partial charge is 0.397 e. The first-order chi connectivity index (χ1) is 12.1. The lowest BCUT2D eigenvalue weighted by molar-refractivity contribution is 0.871. The van der Waals surface area contributed by atoms with E-state index in [0.29, 0.717) is 6.54 Å². The van der Waals surface area contributed by atoms with Crippen molar-refractivity contribution in [2.24, 2.45) is 0 Å². The normalized spacial score (nSPS) is 10.5. The number of para-hydroxylation sites is 2. The van der Waals surface area contributed by atoms with E-state index in [4.69, 9.17) is 5.73 Å². The van der Waals surface area contributed by atoms with E-state index in [-0.39, 0.29) is 0 Å². The molecule has 0 atom stereocenters. The van der Waals surface area contributed by atoms with Crippen molar-refractivity contribution < 1.29 is 0 Å². The van der Waals surface area contributed by atoms with Crippen LogP contribution in [0.15, 0.2) is 72.9 Å². The average Bonchev–Trinajstić information content (AvgIpc) is 2.66. The third-order valence-corrected chi connectivity index (χ3v) is 4.35. The summed E-state index contributed by atoms with van der Waals surface area (Å²) in [6, 6.07) is 22.6. The van der Waals surface area contributed by atoms with Crippen LogP contribution < -0.4 is 15.5 Å². The molecule has 0 aliphatic carbocycles. The molecule has 2 aromatic carbocycles. The van der Waals surface area contributed by atoms with Gasteiger partial charge in [0.1, 0.15) is 0 Å². The zero-order valence-electron chi connectivity index (χ0n) is 14.8. The van der Waals surface area contributed by atoms with Crippen LogP contribution in [0.4, 0.5) is 17.1 Å². The Hall–Kier alpha value is -3.01. The van der Waals surface area contributed by atoms with Gasteiger partial charge < -0.3 is 15.5 Å². The lowest BCUT2D eigenvalue weighted by Crippen LogP contribution is -2.21. The predicted octanol–water partition coefficient (Wildman–Crippen LogP) is 3.94. The summed E-state index contributed by atoms with van der Waals surface area (Å²) in [4.78, 5) is 8.85. The molecule has 128 valence electrons. The number of benzene rings is 2. The average molecular weight is 332 g/mol. The lowest BCUT2D eigenvalue weighted by atomic mass is 10.1. The Kier molecular flexibility index (Phi) is 5.19. The molecule has 4 nitrogen and oxygen atoms in total. The highest BCUT2D eigenvalue weighted by molar-refractivity contribution is 5.55. The fourth-order valence-corrected chi connectivity index (χ4v) is 2.85. The quantitative estimate of drug-likeness (QED) is 0.743. The first-order valence-electron chi connectivity index (χ1n) is 8.40. The molecule has 0 saturated heterocycles. The summed E-state index contributed by atoms with van der Waals surface area (Å²) in [6.07, 6.45) is 1.85. The Morgan fingerprint density at radius 1 is 0.760 bits per heavy atom. The van der Waals surface area contributed by atoms with E-state index >= 15 is 0 Å². The molecule has 3 aromatic rings. The lowest BCUT2D eigenvalue weighted by Gasteiger charge is -2.23. The highest BCUT2D eigenvalue weighted by atomic mass is 15.1. The molecule has 0 fully saturated rings. The van der Waals surface area contributed by atoms with Crippen molar-refractivity contribution in [3.63, 3.8) is 0 Å². The van der Waals surface area contributed by atoms with Gasteiger partial charge in [0, 0.05) is 38.2 Å². The maximum Gasteiger partial charge on any atom is 0.0829 e. The van der Waals surface area contributed by atoms with Crippen molar-refractivity contribution in [2.45, 2.75) is 13.1 Å². The molecule has 0 aliphatic rings. The standard InChI is InChI=1S/C21H24N4/c1-24(18-9-5-3-6-10-18)15-17-13-14-23-20(21(17)22)16-25(2)19-11-7-4-8-12-19/h3-14H,15-16,22H2,1-2H3. The van der Waals surface area contributed by atoms with Gasteiger partial charge >= 0.3 is 0 Å². The van der Waals surface area contributed by atoms with Gasteiger partial charge in [-0.1, -0.05) is 36.4 Å². The molecule has 0 radical (unpaired) electrons. The van der Waals surface area contributed by atoms with Crippen LogP contribution in [0.5, 0.6) is 0 Å². The third kappa shape index (κ3) is 4.10. The second-order valence-electron chi connectivity index (χ2n) is 6.21. The predicted molar refractivity (Wildman–Crippen MR) is 106 cm³/mol. The summed E-state index contributed by atoms with van der Waals surface area (Å²) < 4.78 is 0. The SMILES string of the molecule is CN(Cc1ccnc(CN(C)c2ccccc2)c1N)c1ccccc1. The van der Waals surface area contributed by atoms with E-state index < -0.39 is 0 Å². The minimum Gasteiger partial charge on any atom is -0.397 e. The van der Waals surface area contributed by atoms with Crippen LogP contribution in [0, 0.1) is 0 Å². The molecule has 0 saturated carbocycles. The summed E-state index contributed by atoms with van der Waals surface area (Å²) >= 11 is 0. The van der Waals surface area contributed by atoms with Gasteiger partial charge in [-0.05, 0) is 35.9 Å². The Bertz CT molecular complexity index is 737. The van der Waals surface area contributed by atoms with Crippen molar-refractivity contribution in [3.05, 3.63) is 84.2 Å². The van der Waals surface area contributed by atoms with E-state index in [1.165, 1.54) is 5.69 Å². The molecule has 0 amide bonds. The molecule has 0 bridgehead atoms. The van der Waals surface area contributed by atoms with E-state index in [9.17, 15) is 0 Å². The van der Waals surface area contributed by atoms with Crippen molar-refractivity contribution >= 4 is 17.1 Å². The first kappa shape index (κ1) is 16.8. The molecule has 1 heterocycles. The van der Waals surface area contributed by atoms with Gasteiger partial charge in [-0.25, -0.2) is 0 Å². The highest BCUT2D eigenvalue weighted by Crippen LogP contribution is 2.22. The van der Waals surface area contributed by atoms with Crippen LogP contribution >= 0.6 is 0 Å². The second kappa shape index (κ2) is 7.71. The number of nitrogen functional groups attached to an aromatic ring is 1. The molecule has 2 N–H and O–H groups in total. The summed E-state index contributed by atoms with van der Waals surface area (Å²) in [6.45, 7) is 1.43. The molecule has 1 aromatic heterocycles. The minimum atomic E-state index is 0.679. The number of pyridine rings is 1. The summed E-state index contributed by atoms with van der Waals surface area (Å²) in [5, 5.41) is 0. The molecule has 25 heavy (non-hydrogen) atoms. The van der Waals surface area contributed by atoms with Gasteiger partial charge in [0.2, 0.25) is 0 Å². The number of hydrogen-bond acceptors (Lipinski definition) is 4. The highest BCUT2D eigenvalue weighted by Gasteiger charge is 2.11. The molecule has 4 heteroatoms. The fourth-order valence-electron chi connectivity index (χ4n) is 2.85. The van der Waals surface area contributed by atoms with Crippen molar-refractivity contribution in [1.29, 1.82) is 0 Å². The Labute approximate surface area is 149 Å². The zero-order valence-corrected chi connectivity index (χ0v) is 14.8. The van der Waals surface area contributed by atoms with E-state index in [1.54, 1.807) is 0 Å². The smallest absolute Gasteiger partial charge is 0.0829 e. The summed E-state index contributed by atoms with van der Waals surface area (Å²) in [7, 11) is 4.13. The van der Waals surface area contributed by atoms with Gasteiger partial charge in [-0.3, -0.25) is 4.98 Å². The number of rotatable bonds is 6. The van der Waals surface area contributed by atoms with Crippen LogP contribution in [0.3, 0.4) is 0 Å². The molecule has 3 rings (SSSR count).